The van der Waals surface area contributed by atoms with Gasteiger partial charge >= 0.3 is 0 Å². The Morgan fingerprint density at radius 1 is 1.12 bits per heavy atom. The number of benzene rings is 1. The maximum atomic E-state index is 12.2. The summed E-state index contributed by atoms with van der Waals surface area (Å²) in [7, 11) is 0. The fourth-order valence-corrected chi connectivity index (χ4v) is 3.05. The first kappa shape index (κ1) is 18.0. The molecule has 6 heteroatoms. The minimum atomic E-state index is -0.0365. The molecule has 1 N–H and O–H groups in total. The first-order valence-electron chi connectivity index (χ1n) is 8.98. The zero-order valence-corrected chi connectivity index (χ0v) is 14.7. The smallest absolute Gasteiger partial charge is 0.260 e. The van der Waals surface area contributed by atoms with Gasteiger partial charge in [-0.05, 0) is 37.1 Å². The maximum Gasteiger partial charge on any atom is 0.260 e. The van der Waals surface area contributed by atoms with Crippen LogP contribution in [0.1, 0.15) is 18.6 Å². The Morgan fingerprint density at radius 2 is 1.88 bits per heavy atom. The number of nitrogens with zero attached hydrogens (tertiary/aromatic N) is 1. The Kier molecular flexibility index (Phi) is 6.30. The van der Waals surface area contributed by atoms with E-state index in [-0.39, 0.29) is 24.3 Å². The zero-order chi connectivity index (χ0) is 18.2. The van der Waals surface area contributed by atoms with Gasteiger partial charge in [0, 0.05) is 32.0 Å². The Bertz CT molecular complexity index is 692. The van der Waals surface area contributed by atoms with Gasteiger partial charge in [0.2, 0.25) is 5.91 Å². The van der Waals surface area contributed by atoms with Crippen molar-refractivity contribution in [1.29, 1.82) is 0 Å². The summed E-state index contributed by atoms with van der Waals surface area (Å²) in [6.45, 7) is 1.78. The number of amides is 2. The van der Waals surface area contributed by atoms with Crippen LogP contribution in [0.3, 0.4) is 0 Å². The molecule has 0 saturated carbocycles. The van der Waals surface area contributed by atoms with Gasteiger partial charge in [-0.2, -0.15) is 0 Å². The van der Waals surface area contributed by atoms with E-state index in [1.54, 1.807) is 11.2 Å². The van der Waals surface area contributed by atoms with E-state index in [1.807, 2.05) is 42.5 Å². The molecular weight excluding hydrogens is 332 g/mol. The van der Waals surface area contributed by atoms with Crippen molar-refractivity contribution in [3.05, 3.63) is 54.5 Å². The molecule has 0 radical (unpaired) electrons. The summed E-state index contributed by atoms with van der Waals surface area (Å²) >= 11 is 0. The number of carbonyl (C=O) groups is 2. The molecule has 0 atom stereocenters. The van der Waals surface area contributed by atoms with Crippen LogP contribution in [0.25, 0.3) is 0 Å². The first-order valence-corrected chi connectivity index (χ1v) is 8.98. The third kappa shape index (κ3) is 5.12. The molecule has 138 valence electrons. The number of carbonyl (C=O) groups excluding carboxylic acids is 2. The number of hydrogen-bond acceptors (Lipinski definition) is 4. The summed E-state index contributed by atoms with van der Waals surface area (Å²) in [4.78, 5) is 26.3. The van der Waals surface area contributed by atoms with E-state index in [1.165, 1.54) is 0 Å². The van der Waals surface area contributed by atoms with Crippen LogP contribution in [-0.4, -0.2) is 43.0 Å². The average Bonchev–Trinajstić information content (AvgIpc) is 3.20. The van der Waals surface area contributed by atoms with Crippen molar-refractivity contribution in [2.75, 3.05) is 26.2 Å². The molecule has 1 fully saturated rings. The van der Waals surface area contributed by atoms with Crippen molar-refractivity contribution >= 4 is 11.8 Å². The summed E-state index contributed by atoms with van der Waals surface area (Å²) in [6, 6.07) is 13.0. The SMILES string of the molecule is O=C(NCCc1ccco1)C1CCN(C(=O)COc2ccccc2)CC1. The van der Waals surface area contributed by atoms with E-state index in [2.05, 4.69) is 5.32 Å². The van der Waals surface area contributed by atoms with Gasteiger partial charge in [0.1, 0.15) is 11.5 Å². The largest absolute Gasteiger partial charge is 0.484 e. The Morgan fingerprint density at radius 3 is 2.58 bits per heavy atom. The molecule has 1 saturated heterocycles. The maximum absolute atomic E-state index is 12.2. The Balaban J connectivity index is 1.35. The van der Waals surface area contributed by atoms with E-state index >= 15 is 0 Å². The molecule has 0 spiro atoms. The quantitative estimate of drug-likeness (QED) is 0.826. The highest BCUT2D eigenvalue weighted by molar-refractivity contribution is 5.80. The summed E-state index contributed by atoms with van der Waals surface area (Å²) in [5, 5.41) is 2.95. The van der Waals surface area contributed by atoms with Crippen molar-refractivity contribution < 1.29 is 18.7 Å². The third-order valence-electron chi connectivity index (χ3n) is 4.57. The average molecular weight is 356 g/mol. The Labute approximate surface area is 153 Å². The standard InChI is InChI=1S/C20H24N2O4/c23-19(15-26-17-5-2-1-3-6-17)22-12-9-16(10-13-22)20(24)21-11-8-18-7-4-14-25-18/h1-7,14,16H,8-13,15H2,(H,21,24). The van der Waals surface area contributed by atoms with Crippen molar-refractivity contribution in [2.45, 2.75) is 19.3 Å². The lowest BCUT2D eigenvalue weighted by Gasteiger charge is -2.31. The molecule has 2 amide bonds. The number of piperidine rings is 1. The van der Waals surface area contributed by atoms with Crippen LogP contribution in [0, 0.1) is 5.92 Å². The fraction of sp³-hybridized carbons (Fsp3) is 0.400. The van der Waals surface area contributed by atoms with E-state index in [0.717, 1.165) is 5.76 Å². The number of ether oxygens (including phenoxy) is 1. The van der Waals surface area contributed by atoms with Crippen molar-refractivity contribution in [3.63, 3.8) is 0 Å². The molecule has 3 rings (SSSR count). The summed E-state index contributed by atoms with van der Waals surface area (Å²) in [5.41, 5.74) is 0. The van der Waals surface area contributed by atoms with Crippen LogP contribution in [0.5, 0.6) is 5.75 Å². The van der Waals surface area contributed by atoms with Crippen LogP contribution in [0.15, 0.2) is 53.1 Å². The first-order chi connectivity index (χ1) is 12.7. The lowest BCUT2D eigenvalue weighted by atomic mass is 9.96. The molecular formula is C20H24N2O4. The van der Waals surface area contributed by atoms with Gasteiger partial charge in [0.15, 0.2) is 6.61 Å². The zero-order valence-electron chi connectivity index (χ0n) is 14.7. The van der Waals surface area contributed by atoms with E-state index in [4.69, 9.17) is 9.15 Å². The molecule has 0 unspecified atom stereocenters. The minimum Gasteiger partial charge on any atom is -0.484 e. The normalized spacial score (nSPS) is 14.8. The number of nitrogens with one attached hydrogen (secondary N) is 1. The topological polar surface area (TPSA) is 71.8 Å². The van der Waals surface area contributed by atoms with Gasteiger partial charge in [0.05, 0.1) is 6.26 Å². The number of rotatable bonds is 7. The van der Waals surface area contributed by atoms with Crippen LogP contribution < -0.4 is 10.1 Å². The predicted molar refractivity (Wildman–Crippen MR) is 96.7 cm³/mol. The van der Waals surface area contributed by atoms with Gasteiger partial charge in [-0.3, -0.25) is 9.59 Å². The molecule has 1 aromatic heterocycles. The molecule has 1 aliphatic heterocycles. The highest BCUT2D eigenvalue weighted by Gasteiger charge is 2.27. The van der Waals surface area contributed by atoms with Gasteiger partial charge < -0.3 is 19.4 Å². The molecule has 2 aromatic rings. The molecule has 6 nitrogen and oxygen atoms in total. The highest BCUT2D eigenvalue weighted by atomic mass is 16.5. The van der Waals surface area contributed by atoms with Gasteiger partial charge in [-0.25, -0.2) is 0 Å². The van der Waals surface area contributed by atoms with Crippen molar-refractivity contribution in [3.8, 4) is 5.75 Å². The van der Waals surface area contributed by atoms with E-state index in [9.17, 15) is 9.59 Å². The highest BCUT2D eigenvalue weighted by Crippen LogP contribution is 2.18. The lowest BCUT2D eigenvalue weighted by molar-refractivity contribution is -0.137. The second-order valence-corrected chi connectivity index (χ2v) is 6.38. The molecule has 26 heavy (non-hydrogen) atoms. The van der Waals surface area contributed by atoms with Gasteiger partial charge in [0.25, 0.3) is 5.91 Å². The second-order valence-electron chi connectivity index (χ2n) is 6.38. The van der Waals surface area contributed by atoms with Crippen LogP contribution in [-0.2, 0) is 16.0 Å². The molecule has 0 aliphatic carbocycles. The lowest BCUT2D eigenvalue weighted by Crippen LogP contribution is -2.44. The summed E-state index contributed by atoms with van der Waals surface area (Å²) in [6.07, 6.45) is 3.69. The summed E-state index contributed by atoms with van der Waals surface area (Å²) in [5.74, 6) is 1.54. The Hall–Kier alpha value is -2.76. The van der Waals surface area contributed by atoms with Gasteiger partial charge in [-0.1, -0.05) is 18.2 Å². The predicted octanol–water partition coefficient (Wildman–Crippen LogP) is 2.26. The second kappa shape index (κ2) is 9.08. The number of hydrogen-bond donors (Lipinski definition) is 1. The molecule has 0 bridgehead atoms. The molecule has 2 heterocycles. The number of para-hydroxylation sites is 1. The van der Waals surface area contributed by atoms with E-state index < -0.39 is 0 Å². The number of likely N-dealkylation sites (tertiary alicyclic amines) is 1. The third-order valence-corrected chi connectivity index (χ3v) is 4.57. The molecule has 1 aliphatic rings. The summed E-state index contributed by atoms with van der Waals surface area (Å²) < 4.78 is 10.8. The number of furan rings is 1. The van der Waals surface area contributed by atoms with Crippen molar-refractivity contribution in [2.24, 2.45) is 5.92 Å². The molecule has 1 aromatic carbocycles. The fourth-order valence-electron chi connectivity index (χ4n) is 3.05. The monoisotopic (exact) mass is 356 g/mol. The van der Waals surface area contributed by atoms with E-state index in [0.29, 0.717) is 44.6 Å². The minimum absolute atomic E-state index is 0.0318. The van der Waals surface area contributed by atoms with Crippen LogP contribution in [0.2, 0.25) is 0 Å². The van der Waals surface area contributed by atoms with Gasteiger partial charge in [-0.15, -0.1) is 0 Å². The van der Waals surface area contributed by atoms with Crippen LogP contribution in [0.4, 0.5) is 0 Å². The van der Waals surface area contributed by atoms with Crippen molar-refractivity contribution in [1.82, 2.24) is 10.2 Å². The van der Waals surface area contributed by atoms with Crippen LogP contribution >= 0.6 is 0 Å².